The Bertz CT molecular complexity index is 372. The summed E-state index contributed by atoms with van der Waals surface area (Å²) in [6.45, 7) is 0.299. The van der Waals surface area contributed by atoms with Crippen LogP contribution in [0.2, 0.25) is 0 Å². The predicted octanol–water partition coefficient (Wildman–Crippen LogP) is -0.320. The van der Waals surface area contributed by atoms with Gasteiger partial charge in [-0.15, -0.1) is 6.42 Å². The molecule has 0 aromatic carbocycles. The molecule has 1 fully saturated rings. The van der Waals surface area contributed by atoms with Gasteiger partial charge in [0.2, 0.25) is 0 Å². The molecule has 1 aliphatic heterocycles. The first-order valence-corrected chi connectivity index (χ1v) is 6.16. The van der Waals surface area contributed by atoms with Gasteiger partial charge in [-0.25, -0.2) is 8.42 Å². The minimum Gasteiger partial charge on any atom is -0.288 e. The van der Waals surface area contributed by atoms with E-state index in [-0.39, 0.29) is 11.5 Å². The summed E-state index contributed by atoms with van der Waals surface area (Å²) >= 11 is 0. The Balaban J connectivity index is 2.68. The summed E-state index contributed by atoms with van der Waals surface area (Å²) in [5, 5.41) is 11.9. The third kappa shape index (κ3) is 2.47. The second-order valence-corrected chi connectivity index (χ2v) is 5.71. The summed E-state index contributed by atoms with van der Waals surface area (Å²) in [4.78, 5) is 0. The van der Waals surface area contributed by atoms with E-state index >= 15 is 0 Å². The quantitative estimate of drug-likeness (QED) is 0.637. The van der Waals surface area contributed by atoms with Crippen LogP contribution in [-0.2, 0) is 9.84 Å². The molecule has 0 atom stereocenters. The van der Waals surface area contributed by atoms with Crippen LogP contribution in [0.1, 0.15) is 12.8 Å². The number of nitrogens with one attached hydrogen (secondary N) is 1. The van der Waals surface area contributed by atoms with E-state index in [1.54, 1.807) is 0 Å². The number of hydrogen-bond donors (Lipinski definition) is 1. The molecule has 1 N–H and O–H groups in total. The number of sulfone groups is 1. The van der Waals surface area contributed by atoms with E-state index in [0.29, 0.717) is 19.4 Å². The van der Waals surface area contributed by atoms with Gasteiger partial charge >= 0.3 is 0 Å². The van der Waals surface area contributed by atoms with Crippen molar-refractivity contribution in [3.63, 3.8) is 0 Å². The van der Waals surface area contributed by atoms with Crippen molar-refractivity contribution in [3.05, 3.63) is 0 Å². The Labute approximate surface area is 84.2 Å². The van der Waals surface area contributed by atoms with Crippen molar-refractivity contribution in [2.24, 2.45) is 0 Å². The van der Waals surface area contributed by atoms with Gasteiger partial charge in [0.25, 0.3) is 0 Å². The Morgan fingerprint density at radius 3 is 2.43 bits per heavy atom. The standard InChI is InChI=1S/C9H12N2O2S/c1-2-5-11-9(8-10)3-6-14(12,13)7-4-9/h1,11H,3-7H2. The monoisotopic (exact) mass is 212 g/mol. The van der Waals surface area contributed by atoms with Crippen molar-refractivity contribution in [1.82, 2.24) is 5.32 Å². The van der Waals surface area contributed by atoms with Crippen LogP contribution in [0.4, 0.5) is 0 Å². The fourth-order valence-electron chi connectivity index (χ4n) is 1.43. The first kappa shape index (κ1) is 11.0. The predicted molar refractivity (Wildman–Crippen MR) is 53.1 cm³/mol. The molecular weight excluding hydrogens is 200 g/mol. The fraction of sp³-hybridized carbons (Fsp3) is 0.667. The molecule has 0 unspecified atom stereocenters. The van der Waals surface area contributed by atoms with E-state index in [1.807, 2.05) is 0 Å². The topological polar surface area (TPSA) is 70.0 Å². The number of nitrogens with zero attached hydrogens (tertiary/aromatic N) is 1. The van der Waals surface area contributed by atoms with Crippen LogP contribution in [0.5, 0.6) is 0 Å². The largest absolute Gasteiger partial charge is 0.288 e. The van der Waals surface area contributed by atoms with Crippen molar-refractivity contribution >= 4 is 9.84 Å². The van der Waals surface area contributed by atoms with E-state index in [4.69, 9.17) is 11.7 Å². The van der Waals surface area contributed by atoms with Crippen LogP contribution < -0.4 is 5.32 Å². The van der Waals surface area contributed by atoms with Gasteiger partial charge in [0, 0.05) is 0 Å². The second-order valence-electron chi connectivity index (χ2n) is 3.40. The van der Waals surface area contributed by atoms with E-state index in [2.05, 4.69) is 17.3 Å². The Hall–Kier alpha value is -1.04. The summed E-state index contributed by atoms with van der Waals surface area (Å²) in [7, 11) is -2.93. The summed E-state index contributed by atoms with van der Waals surface area (Å²) in [5.41, 5.74) is -0.738. The number of hydrogen-bond acceptors (Lipinski definition) is 4. The van der Waals surface area contributed by atoms with Crippen molar-refractivity contribution in [2.75, 3.05) is 18.1 Å². The number of nitriles is 1. The lowest BCUT2D eigenvalue weighted by atomic mass is 9.94. The van der Waals surface area contributed by atoms with Crippen LogP contribution >= 0.6 is 0 Å². The maximum atomic E-state index is 11.2. The molecule has 14 heavy (non-hydrogen) atoms. The van der Waals surface area contributed by atoms with Crippen molar-refractivity contribution in [2.45, 2.75) is 18.4 Å². The minimum atomic E-state index is -2.93. The van der Waals surface area contributed by atoms with Crippen molar-refractivity contribution < 1.29 is 8.42 Å². The highest BCUT2D eigenvalue weighted by molar-refractivity contribution is 7.91. The molecular formula is C9H12N2O2S. The molecule has 0 aromatic rings. The zero-order valence-corrected chi connectivity index (χ0v) is 8.60. The van der Waals surface area contributed by atoms with E-state index in [0.717, 1.165) is 0 Å². The highest BCUT2D eigenvalue weighted by Gasteiger charge is 2.36. The minimum absolute atomic E-state index is 0.0676. The van der Waals surface area contributed by atoms with Gasteiger partial charge < -0.3 is 0 Å². The SMILES string of the molecule is C#CCNC1(C#N)CCS(=O)(=O)CC1. The molecule has 0 aliphatic carbocycles. The zero-order valence-electron chi connectivity index (χ0n) is 7.78. The maximum Gasteiger partial charge on any atom is 0.150 e. The summed E-state index contributed by atoms with van der Waals surface area (Å²) < 4.78 is 22.3. The highest BCUT2D eigenvalue weighted by atomic mass is 32.2. The van der Waals surface area contributed by atoms with E-state index in [1.165, 1.54) is 0 Å². The highest BCUT2D eigenvalue weighted by Crippen LogP contribution is 2.22. The Morgan fingerprint density at radius 2 is 2.00 bits per heavy atom. The lowest BCUT2D eigenvalue weighted by Gasteiger charge is -2.30. The van der Waals surface area contributed by atoms with Crippen LogP contribution in [0, 0.1) is 23.7 Å². The normalized spacial score (nSPS) is 23.3. The Morgan fingerprint density at radius 1 is 1.43 bits per heavy atom. The van der Waals surface area contributed by atoms with Crippen molar-refractivity contribution in [3.8, 4) is 18.4 Å². The fourth-order valence-corrected chi connectivity index (χ4v) is 2.96. The molecule has 1 aliphatic rings. The van der Waals surface area contributed by atoms with Crippen molar-refractivity contribution in [1.29, 1.82) is 5.26 Å². The second kappa shape index (κ2) is 4.00. The van der Waals surface area contributed by atoms with E-state index < -0.39 is 15.4 Å². The van der Waals surface area contributed by atoms with Gasteiger partial charge in [0.05, 0.1) is 24.1 Å². The zero-order chi connectivity index (χ0) is 10.7. The van der Waals surface area contributed by atoms with Crippen LogP contribution in [0.25, 0.3) is 0 Å². The van der Waals surface area contributed by atoms with Gasteiger partial charge in [0.15, 0.2) is 9.84 Å². The molecule has 4 nitrogen and oxygen atoms in total. The lowest BCUT2D eigenvalue weighted by molar-refractivity contribution is 0.393. The molecule has 1 rings (SSSR count). The molecule has 0 saturated carbocycles. The van der Waals surface area contributed by atoms with Gasteiger partial charge in [-0.05, 0) is 12.8 Å². The van der Waals surface area contributed by atoms with Crippen LogP contribution in [-0.4, -0.2) is 32.0 Å². The molecule has 1 saturated heterocycles. The summed E-state index contributed by atoms with van der Waals surface area (Å²) in [6, 6.07) is 2.12. The Kier molecular flexibility index (Phi) is 3.15. The average Bonchev–Trinajstić information content (AvgIpc) is 2.18. The third-order valence-corrected chi connectivity index (χ3v) is 4.07. The molecule has 5 heteroatoms. The number of rotatable bonds is 2. The molecule has 1 heterocycles. The lowest BCUT2D eigenvalue weighted by Crippen LogP contribution is -2.49. The first-order chi connectivity index (χ1) is 6.54. The number of terminal acetylenes is 1. The summed E-state index contributed by atoms with van der Waals surface area (Å²) in [6.07, 6.45) is 5.73. The average molecular weight is 212 g/mol. The van der Waals surface area contributed by atoms with Gasteiger partial charge in [-0.1, -0.05) is 5.92 Å². The molecule has 0 amide bonds. The van der Waals surface area contributed by atoms with E-state index in [9.17, 15) is 8.42 Å². The van der Waals surface area contributed by atoms with Gasteiger partial charge in [0.1, 0.15) is 5.54 Å². The molecule has 0 radical (unpaired) electrons. The van der Waals surface area contributed by atoms with Gasteiger partial charge in [-0.3, -0.25) is 5.32 Å². The summed E-state index contributed by atoms with van der Waals surface area (Å²) in [5.74, 6) is 2.52. The van der Waals surface area contributed by atoms with Gasteiger partial charge in [-0.2, -0.15) is 5.26 Å². The third-order valence-electron chi connectivity index (χ3n) is 2.42. The molecule has 0 spiro atoms. The van der Waals surface area contributed by atoms with Crippen LogP contribution in [0.3, 0.4) is 0 Å². The molecule has 0 bridgehead atoms. The van der Waals surface area contributed by atoms with Crippen LogP contribution in [0.15, 0.2) is 0 Å². The maximum absolute atomic E-state index is 11.2. The molecule has 76 valence electrons. The smallest absolute Gasteiger partial charge is 0.150 e. The first-order valence-electron chi connectivity index (χ1n) is 4.34. The molecule has 0 aromatic heterocycles.